The highest BCUT2D eigenvalue weighted by Crippen LogP contribution is 2.27. The van der Waals surface area contributed by atoms with E-state index in [0.29, 0.717) is 39.3 Å². The number of benzene rings is 2. The van der Waals surface area contributed by atoms with E-state index < -0.39 is 35.7 Å². The van der Waals surface area contributed by atoms with Crippen molar-refractivity contribution >= 4 is 5.97 Å². The van der Waals surface area contributed by atoms with Gasteiger partial charge in [-0.05, 0) is 70.7 Å². The van der Waals surface area contributed by atoms with Crippen LogP contribution in [0.1, 0.15) is 58.6 Å². The molecule has 2 heterocycles. The lowest BCUT2D eigenvalue weighted by Crippen LogP contribution is -2.43. The second kappa shape index (κ2) is 18.5. The zero-order valence-corrected chi connectivity index (χ0v) is 29.0. The molecule has 0 saturated carbocycles. The van der Waals surface area contributed by atoms with Crippen molar-refractivity contribution in [3.8, 4) is 0 Å². The molecule has 0 amide bonds. The van der Waals surface area contributed by atoms with Crippen LogP contribution in [-0.4, -0.2) is 73.8 Å². The van der Waals surface area contributed by atoms with Crippen molar-refractivity contribution in [2.24, 2.45) is 0 Å². The van der Waals surface area contributed by atoms with E-state index in [4.69, 9.17) is 37.9 Å². The van der Waals surface area contributed by atoms with E-state index in [-0.39, 0.29) is 24.9 Å². The molecule has 262 valence electrons. The predicted octanol–water partition coefficient (Wildman–Crippen LogP) is 6.86. The van der Waals surface area contributed by atoms with Gasteiger partial charge in [-0.3, -0.25) is 0 Å². The Morgan fingerprint density at radius 3 is 2.33 bits per heavy atom. The number of hydrogen-bond donors (Lipinski definition) is 0. The van der Waals surface area contributed by atoms with Gasteiger partial charge in [0, 0.05) is 0 Å². The summed E-state index contributed by atoms with van der Waals surface area (Å²) < 4.78 is 48.8. The first-order valence-electron chi connectivity index (χ1n) is 16.7. The molecule has 2 aromatic carbocycles. The molecule has 0 aliphatic carbocycles. The van der Waals surface area contributed by atoms with Crippen LogP contribution in [0.2, 0.25) is 0 Å². The fourth-order valence-corrected chi connectivity index (χ4v) is 5.38. The van der Waals surface area contributed by atoms with Gasteiger partial charge in [-0.1, -0.05) is 72.8 Å². The Bertz CT molecular complexity index is 1300. The summed E-state index contributed by atoms with van der Waals surface area (Å²) in [5, 5.41) is 0. The topological polar surface area (TPSA) is 90.9 Å². The molecule has 0 bridgehead atoms. The molecule has 1 saturated heterocycles. The number of carbonyl (C=O) groups is 1. The van der Waals surface area contributed by atoms with Crippen LogP contribution in [0.25, 0.3) is 0 Å². The molecule has 6 atom stereocenters. The highest BCUT2D eigenvalue weighted by molar-refractivity contribution is 5.71. The minimum atomic E-state index is -0.769. The van der Waals surface area contributed by atoms with E-state index in [1.165, 1.54) is 0 Å². The summed E-state index contributed by atoms with van der Waals surface area (Å²) in [4.78, 5) is 12.4. The first-order valence-corrected chi connectivity index (χ1v) is 16.7. The zero-order valence-electron chi connectivity index (χ0n) is 29.0. The Morgan fingerprint density at radius 2 is 1.71 bits per heavy atom. The van der Waals surface area contributed by atoms with E-state index in [9.17, 15) is 4.79 Å². The molecular weight excluding hydrogens is 612 g/mol. The molecule has 2 aliphatic rings. The number of esters is 1. The third-order valence-corrected chi connectivity index (χ3v) is 7.64. The molecule has 0 unspecified atom stereocenters. The van der Waals surface area contributed by atoms with Crippen LogP contribution >= 0.6 is 0 Å². The normalized spacial score (nSPS) is 25.6. The Labute approximate surface area is 285 Å². The van der Waals surface area contributed by atoms with Crippen molar-refractivity contribution in [3.63, 3.8) is 0 Å². The molecule has 1 fully saturated rings. The Morgan fingerprint density at radius 1 is 1.02 bits per heavy atom. The summed E-state index contributed by atoms with van der Waals surface area (Å²) in [7, 11) is 0. The fourth-order valence-electron chi connectivity index (χ4n) is 5.38. The summed E-state index contributed by atoms with van der Waals surface area (Å²) in [6.45, 7) is 14.4. The summed E-state index contributed by atoms with van der Waals surface area (Å²) >= 11 is 0. The quantitative estimate of drug-likeness (QED) is 0.109. The lowest BCUT2D eigenvalue weighted by Gasteiger charge is -2.34. The third-order valence-electron chi connectivity index (χ3n) is 7.64. The van der Waals surface area contributed by atoms with Gasteiger partial charge in [0.25, 0.3) is 0 Å². The zero-order chi connectivity index (χ0) is 34.4. The van der Waals surface area contributed by atoms with Gasteiger partial charge in [0.05, 0.1) is 38.8 Å². The number of rotatable bonds is 16. The van der Waals surface area contributed by atoms with Gasteiger partial charge in [0.2, 0.25) is 0 Å². The average Bonchev–Trinajstić information content (AvgIpc) is 3.41. The van der Waals surface area contributed by atoms with Gasteiger partial charge in [0.1, 0.15) is 42.7 Å². The molecule has 0 N–H and O–H groups in total. The van der Waals surface area contributed by atoms with Crippen LogP contribution in [0.4, 0.5) is 0 Å². The van der Waals surface area contributed by atoms with Gasteiger partial charge in [-0.2, -0.15) is 0 Å². The van der Waals surface area contributed by atoms with Crippen molar-refractivity contribution in [2.45, 2.75) is 109 Å². The minimum Gasteiger partial charge on any atom is -0.491 e. The van der Waals surface area contributed by atoms with Crippen LogP contribution in [0, 0.1) is 0 Å². The second-order valence-corrected chi connectivity index (χ2v) is 13.4. The molecule has 4 rings (SSSR count). The molecule has 48 heavy (non-hydrogen) atoms. The van der Waals surface area contributed by atoms with Crippen LogP contribution in [0.15, 0.2) is 97.8 Å². The molecule has 0 spiro atoms. The minimum absolute atomic E-state index is 0.241. The first kappa shape index (κ1) is 37.5. The number of ether oxygens (including phenoxy) is 8. The van der Waals surface area contributed by atoms with Crippen molar-refractivity contribution in [2.75, 3.05) is 19.8 Å². The van der Waals surface area contributed by atoms with Crippen LogP contribution < -0.4 is 0 Å². The molecule has 2 aliphatic heterocycles. The van der Waals surface area contributed by atoms with Crippen molar-refractivity contribution < 1.29 is 42.7 Å². The van der Waals surface area contributed by atoms with Gasteiger partial charge in [-0.25, -0.2) is 4.79 Å². The summed E-state index contributed by atoms with van der Waals surface area (Å²) in [6, 6.07) is 20.1. The van der Waals surface area contributed by atoms with Gasteiger partial charge in [0.15, 0.2) is 5.79 Å². The van der Waals surface area contributed by atoms with Crippen LogP contribution in [-0.2, 0) is 55.9 Å². The summed E-state index contributed by atoms with van der Waals surface area (Å²) in [5.41, 5.74) is 1.55. The van der Waals surface area contributed by atoms with E-state index in [1.807, 2.05) is 107 Å². The number of hydrogen-bond acceptors (Lipinski definition) is 9. The maximum Gasteiger partial charge on any atom is 0.332 e. The maximum atomic E-state index is 12.4. The first-order chi connectivity index (χ1) is 23.0. The Kier molecular flexibility index (Phi) is 14.4. The van der Waals surface area contributed by atoms with Crippen molar-refractivity contribution in [3.05, 3.63) is 109 Å². The smallest absolute Gasteiger partial charge is 0.332 e. The molecule has 0 aromatic heterocycles. The predicted molar refractivity (Wildman–Crippen MR) is 183 cm³/mol. The van der Waals surface area contributed by atoms with E-state index in [0.717, 1.165) is 11.1 Å². The lowest BCUT2D eigenvalue weighted by molar-refractivity contribution is -0.168. The molecule has 2 aromatic rings. The number of carbonyl (C=O) groups excluding carboxylic acids is 1. The maximum absolute atomic E-state index is 12.4. The monoisotopic (exact) mass is 664 g/mol. The highest BCUT2D eigenvalue weighted by atomic mass is 16.7. The molecule has 0 radical (unpaired) electrons. The molecule has 9 heteroatoms. The van der Waals surface area contributed by atoms with Gasteiger partial charge in [-0.15, -0.1) is 6.58 Å². The van der Waals surface area contributed by atoms with Crippen molar-refractivity contribution in [1.29, 1.82) is 0 Å². The molecular formula is C39H52O9. The summed E-state index contributed by atoms with van der Waals surface area (Å²) in [6.07, 6.45) is 7.88. The third kappa shape index (κ3) is 13.0. The van der Waals surface area contributed by atoms with Crippen LogP contribution in [0.5, 0.6) is 0 Å². The average molecular weight is 665 g/mol. The van der Waals surface area contributed by atoms with Crippen molar-refractivity contribution in [1.82, 2.24) is 0 Å². The lowest BCUT2D eigenvalue weighted by atomic mass is 10.0. The standard InChI is InChI=1S/C39H52O9/c1-7-15-34-31(42-23-22-33(36-27-45-39(5,6)47-36)44-28-37(40)48-38(2,3)4)20-14-21-32(43-25-30-18-12-9-13-19-30)35(46-34)26-41-24-29-16-10-8-11-17-29/h7-14,16-20,22-23,31-36H,1,15,21,24-28H2,2-6H3/b20-14-,23-22+/t31-,32+,33+,34+,35-,36+/m0/s1. The Balaban J connectivity index is 1.46. The second-order valence-electron chi connectivity index (χ2n) is 13.4. The van der Waals surface area contributed by atoms with E-state index >= 15 is 0 Å². The molecule has 9 nitrogen and oxygen atoms in total. The Hall–Kier alpha value is -3.31. The van der Waals surface area contributed by atoms with Crippen LogP contribution in [0.3, 0.4) is 0 Å². The fraction of sp³-hybridized carbons (Fsp3) is 0.513. The summed E-state index contributed by atoms with van der Waals surface area (Å²) in [5.74, 6) is -1.23. The van der Waals surface area contributed by atoms with E-state index in [2.05, 4.69) is 12.7 Å². The van der Waals surface area contributed by atoms with Gasteiger partial charge < -0.3 is 37.9 Å². The van der Waals surface area contributed by atoms with E-state index in [1.54, 1.807) is 12.3 Å². The van der Waals surface area contributed by atoms with Gasteiger partial charge >= 0.3 is 5.97 Å². The largest absolute Gasteiger partial charge is 0.491 e. The highest BCUT2D eigenvalue weighted by Gasteiger charge is 2.38. The SMILES string of the molecule is C=CC[C@H]1O[C@@H](COCc2ccccc2)[C@H](OCc2ccccc2)C/C=C\[C@@H]1O/C=C/[C@@H](OCC(=O)OC(C)(C)C)[C@H]1COC(C)(C)O1.